The number of rotatable bonds is 5. The van der Waals surface area contributed by atoms with Crippen LogP contribution in [-0.2, 0) is 6.54 Å². The van der Waals surface area contributed by atoms with Crippen LogP contribution in [0.5, 0.6) is 5.88 Å². The van der Waals surface area contributed by atoms with Crippen molar-refractivity contribution in [3.05, 3.63) is 46.2 Å². The summed E-state index contributed by atoms with van der Waals surface area (Å²) in [6.07, 6.45) is 0.333. The molecule has 0 bridgehead atoms. The Kier molecular flexibility index (Phi) is 4.71. The summed E-state index contributed by atoms with van der Waals surface area (Å²) in [6.45, 7) is 1.37. The van der Waals surface area contributed by atoms with E-state index in [0.29, 0.717) is 29.1 Å². The van der Waals surface area contributed by atoms with Crippen LogP contribution >= 0.6 is 11.6 Å². The van der Waals surface area contributed by atoms with Crippen molar-refractivity contribution in [2.24, 2.45) is 0 Å². The maximum absolute atomic E-state index is 12.6. The standard InChI is InChI=1S/C16H15ClF2N4O2/c1-8(9-4-12(17)15(22-5-9)25-7-13(18)19)23-6-11-10(16(23)24)2-3-21-14(11)20/h2-5,8,13H,6-7H2,1H3,(H2,20,21). The highest BCUT2D eigenvalue weighted by Gasteiger charge is 2.33. The number of nitrogen functional groups attached to an aromatic ring is 1. The molecule has 25 heavy (non-hydrogen) atoms. The molecule has 2 aromatic rings. The summed E-state index contributed by atoms with van der Waals surface area (Å²) >= 11 is 6.05. The molecule has 0 saturated heterocycles. The number of aromatic nitrogens is 2. The first-order valence-electron chi connectivity index (χ1n) is 7.49. The Morgan fingerprint density at radius 1 is 1.44 bits per heavy atom. The molecule has 1 unspecified atom stereocenters. The number of halogens is 3. The molecule has 0 saturated carbocycles. The van der Waals surface area contributed by atoms with Crippen LogP contribution in [0.1, 0.15) is 34.5 Å². The number of fused-ring (bicyclic) bond motifs is 1. The van der Waals surface area contributed by atoms with Gasteiger partial charge in [0.15, 0.2) is 6.61 Å². The highest BCUT2D eigenvalue weighted by Crippen LogP contribution is 2.34. The van der Waals surface area contributed by atoms with Crippen LogP contribution < -0.4 is 10.5 Å². The average molecular weight is 369 g/mol. The molecule has 1 aliphatic rings. The summed E-state index contributed by atoms with van der Waals surface area (Å²) in [5, 5.41) is 0.107. The summed E-state index contributed by atoms with van der Waals surface area (Å²) in [5.41, 5.74) is 7.70. The minimum absolute atomic E-state index is 0.0672. The normalized spacial score (nSPS) is 14.8. The van der Waals surface area contributed by atoms with Crippen LogP contribution in [0.25, 0.3) is 0 Å². The van der Waals surface area contributed by atoms with Crippen LogP contribution in [0, 0.1) is 0 Å². The van der Waals surface area contributed by atoms with Gasteiger partial charge in [0.1, 0.15) is 10.8 Å². The predicted molar refractivity (Wildman–Crippen MR) is 87.7 cm³/mol. The highest BCUT2D eigenvalue weighted by molar-refractivity contribution is 6.31. The highest BCUT2D eigenvalue weighted by atomic mass is 35.5. The Hall–Kier alpha value is -2.48. The molecule has 1 atom stereocenters. The van der Waals surface area contributed by atoms with Gasteiger partial charge in [0.2, 0.25) is 5.88 Å². The zero-order valence-corrected chi connectivity index (χ0v) is 14.0. The van der Waals surface area contributed by atoms with Crippen LogP contribution in [0.3, 0.4) is 0 Å². The summed E-state index contributed by atoms with van der Waals surface area (Å²) in [5.74, 6) is 0.0978. The average Bonchev–Trinajstić information content (AvgIpc) is 2.91. The monoisotopic (exact) mass is 368 g/mol. The lowest BCUT2D eigenvalue weighted by molar-refractivity contribution is 0.0714. The van der Waals surface area contributed by atoms with Gasteiger partial charge in [0, 0.05) is 23.5 Å². The van der Waals surface area contributed by atoms with E-state index in [4.69, 9.17) is 22.1 Å². The summed E-state index contributed by atoms with van der Waals surface area (Å²) in [7, 11) is 0. The zero-order valence-electron chi connectivity index (χ0n) is 13.2. The van der Waals surface area contributed by atoms with Gasteiger partial charge in [0.25, 0.3) is 12.3 Å². The van der Waals surface area contributed by atoms with Gasteiger partial charge >= 0.3 is 0 Å². The number of pyridine rings is 2. The van der Waals surface area contributed by atoms with Gasteiger partial charge in [-0.05, 0) is 24.6 Å². The van der Waals surface area contributed by atoms with E-state index in [1.807, 2.05) is 6.92 Å². The SMILES string of the molecule is CC(c1cnc(OCC(F)F)c(Cl)c1)N1Cc2c(ccnc2N)C1=O. The van der Waals surface area contributed by atoms with Crippen molar-refractivity contribution in [3.63, 3.8) is 0 Å². The molecule has 3 heterocycles. The topological polar surface area (TPSA) is 81.3 Å². The molecule has 132 valence electrons. The lowest BCUT2D eigenvalue weighted by Gasteiger charge is -2.24. The number of nitrogens with zero attached hydrogens (tertiary/aromatic N) is 3. The second-order valence-electron chi connectivity index (χ2n) is 5.59. The number of hydrogen-bond acceptors (Lipinski definition) is 5. The fourth-order valence-electron chi connectivity index (χ4n) is 2.68. The van der Waals surface area contributed by atoms with Crippen LogP contribution in [0.2, 0.25) is 5.02 Å². The molecule has 0 fully saturated rings. The fraction of sp³-hybridized carbons (Fsp3) is 0.312. The van der Waals surface area contributed by atoms with E-state index in [1.165, 1.54) is 12.4 Å². The third kappa shape index (κ3) is 3.34. The number of nitrogens with two attached hydrogens (primary N) is 1. The number of ether oxygens (including phenoxy) is 1. The predicted octanol–water partition coefficient (Wildman–Crippen LogP) is 3.07. The van der Waals surface area contributed by atoms with Gasteiger partial charge in [-0.2, -0.15) is 0 Å². The lowest BCUT2D eigenvalue weighted by Crippen LogP contribution is -2.27. The molecule has 6 nitrogen and oxygen atoms in total. The van der Waals surface area contributed by atoms with E-state index in [9.17, 15) is 13.6 Å². The second kappa shape index (κ2) is 6.79. The largest absolute Gasteiger partial charge is 0.471 e. The quantitative estimate of drug-likeness (QED) is 0.877. The first-order valence-corrected chi connectivity index (χ1v) is 7.87. The molecular weight excluding hydrogens is 354 g/mol. The summed E-state index contributed by atoms with van der Waals surface area (Å²) < 4.78 is 29.3. The van der Waals surface area contributed by atoms with E-state index in [1.54, 1.807) is 17.0 Å². The molecule has 0 aliphatic carbocycles. The van der Waals surface area contributed by atoms with Crippen molar-refractivity contribution < 1.29 is 18.3 Å². The van der Waals surface area contributed by atoms with Crippen molar-refractivity contribution in [1.29, 1.82) is 0 Å². The molecule has 2 aromatic heterocycles. The molecule has 0 spiro atoms. The van der Waals surface area contributed by atoms with E-state index < -0.39 is 13.0 Å². The van der Waals surface area contributed by atoms with Gasteiger partial charge in [-0.15, -0.1) is 0 Å². The van der Waals surface area contributed by atoms with Gasteiger partial charge in [-0.25, -0.2) is 18.7 Å². The second-order valence-corrected chi connectivity index (χ2v) is 6.00. The first-order chi connectivity index (χ1) is 11.9. The smallest absolute Gasteiger partial charge is 0.272 e. The maximum Gasteiger partial charge on any atom is 0.272 e. The molecule has 3 rings (SSSR count). The Morgan fingerprint density at radius 2 is 2.20 bits per heavy atom. The molecule has 0 aromatic carbocycles. The molecule has 2 N–H and O–H groups in total. The molecule has 1 amide bonds. The Morgan fingerprint density at radius 3 is 2.84 bits per heavy atom. The minimum atomic E-state index is -2.61. The van der Waals surface area contributed by atoms with E-state index in [0.717, 1.165) is 0 Å². The van der Waals surface area contributed by atoms with E-state index in [-0.39, 0.29) is 22.9 Å². The van der Waals surface area contributed by atoms with Crippen LogP contribution in [0.4, 0.5) is 14.6 Å². The molecule has 9 heteroatoms. The molecule has 1 aliphatic heterocycles. The number of amides is 1. The number of alkyl halides is 2. The van der Waals surface area contributed by atoms with Gasteiger partial charge < -0.3 is 15.4 Å². The molecular formula is C16H15ClF2N4O2. The fourth-order valence-corrected chi connectivity index (χ4v) is 2.91. The number of carbonyl (C=O) groups is 1. The van der Waals surface area contributed by atoms with Crippen molar-refractivity contribution in [2.75, 3.05) is 12.3 Å². The van der Waals surface area contributed by atoms with E-state index in [2.05, 4.69) is 9.97 Å². The first kappa shape index (κ1) is 17.3. The van der Waals surface area contributed by atoms with Gasteiger partial charge in [0.05, 0.1) is 12.6 Å². The van der Waals surface area contributed by atoms with Crippen LogP contribution in [0.15, 0.2) is 24.5 Å². The van der Waals surface area contributed by atoms with Crippen LogP contribution in [-0.4, -0.2) is 33.8 Å². The summed E-state index contributed by atoms with van der Waals surface area (Å²) in [6, 6.07) is 2.85. The Balaban J connectivity index is 1.80. The maximum atomic E-state index is 12.6. The third-order valence-electron chi connectivity index (χ3n) is 4.03. The third-order valence-corrected chi connectivity index (χ3v) is 4.30. The van der Waals surface area contributed by atoms with Crippen molar-refractivity contribution in [1.82, 2.24) is 14.9 Å². The van der Waals surface area contributed by atoms with Crippen molar-refractivity contribution >= 4 is 23.3 Å². The minimum Gasteiger partial charge on any atom is -0.471 e. The Labute approximate surface area is 147 Å². The number of anilines is 1. The number of carbonyl (C=O) groups excluding carboxylic acids is 1. The van der Waals surface area contributed by atoms with Gasteiger partial charge in [-0.1, -0.05) is 11.6 Å². The van der Waals surface area contributed by atoms with Crippen molar-refractivity contribution in [3.8, 4) is 5.88 Å². The Bertz CT molecular complexity index is 819. The van der Waals surface area contributed by atoms with E-state index >= 15 is 0 Å². The number of hydrogen-bond donors (Lipinski definition) is 1. The van der Waals surface area contributed by atoms with Crippen molar-refractivity contribution in [2.45, 2.75) is 25.9 Å². The summed E-state index contributed by atoms with van der Waals surface area (Å²) in [4.78, 5) is 22.2. The molecule has 0 radical (unpaired) electrons. The lowest BCUT2D eigenvalue weighted by atomic mass is 10.1. The van der Waals surface area contributed by atoms with Gasteiger partial charge in [-0.3, -0.25) is 4.79 Å². The zero-order chi connectivity index (χ0) is 18.1.